The Hall–Kier alpha value is -2.08. The lowest BCUT2D eigenvalue weighted by Gasteiger charge is -2.12. The Morgan fingerprint density at radius 2 is 1.80 bits per heavy atom. The molecule has 6 heteroatoms. The number of benzene rings is 1. The fraction of sp³-hybridized carbons (Fsp3) is 0.429. The second kappa shape index (κ2) is 8.16. The van der Waals surface area contributed by atoms with E-state index in [2.05, 4.69) is 5.32 Å². The average Bonchev–Trinajstić information content (AvgIpc) is 2.43. The molecule has 20 heavy (non-hydrogen) atoms. The fourth-order valence-electron chi connectivity index (χ4n) is 1.69. The lowest BCUT2D eigenvalue weighted by Crippen LogP contribution is -2.27. The van der Waals surface area contributed by atoms with Gasteiger partial charge in [0.15, 0.2) is 0 Å². The van der Waals surface area contributed by atoms with E-state index in [1.54, 1.807) is 5.48 Å². The van der Waals surface area contributed by atoms with Crippen molar-refractivity contribution in [1.29, 1.82) is 0 Å². The Labute approximate surface area is 118 Å². The molecule has 2 amide bonds. The van der Waals surface area contributed by atoms with Crippen LogP contribution in [0.2, 0.25) is 0 Å². The van der Waals surface area contributed by atoms with Crippen LogP contribution in [-0.4, -0.2) is 37.7 Å². The van der Waals surface area contributed by atoms with Crippen LogP contribution in [0.15, 0.2) is 24.3 Å². The van der Waals surface area contributed by atoms with Gasteiger partial charge in [-0.25, -0.2) is 5.48 Å². The molecule has 0 unspecified atom stereocenters. The minimum absolute atomic E-state index is 0.0768. The van der Waals surface area contributed by atoms with Gasteiger partial charge in [-0.3, -0.25) is 14.8 Å². The quantitative estimate of drug-likeness (QED) is 0.390. The van der Waals surface area contributed by atoms with Crippen molar-refractivity contribution in [3.05, 3.63) is 29.8 Å². The molecule has 1 rings (SSSR count). The van der Waals surface area contributed by atoms with Crippen LogP contribution in [0, 0.1) is 0 Å². The Bertz CT molecular complexity index is 443. The SMILES string of the molecule is CN(C)c1ccc(CC(=O)NCCCC(=O)NO)cc1. The predicted molar refractivity (Wildman–Crippen MR) is 76.6 cm³/mol. The zero-order chi connectivity index (χ0) is 15.0. The van der Waals surface area contributed by atoms with Gasteiger partial charge < -0.3 is 10.2 Å². The van der Waals surface area contributed by atoms with Crippen molar-refractivity contribution in [2.75, 3.05) is 25.5 Å². The van der Waals surface area contributed by atoms with Crippen molar-refractivity contribution < 1.29 is 14.8 Å². The smallest absolute Gasteiger partial charge is 0.243 e. The highest BCUT2D eigenvalue weighted by molar-refractivity contribution is 5.79. The highest BCUT2D eigenvalue weighted by Crippen LogP contribution is 2.12. The first-order chi connectivity index (χ1) is 9.52. The lowest BCUT2D eigenvalue weighted by molar-refractivity contribution is -0.129. The molecule has 0 aliphatic rings. The molecule has 0 radical (unpaired) electrons. The number of carbonyl (C=O) groups excluding carboxylic acids is 2. The maximum Gasteiger partial charge on any atom is 0.243 e. The van der Waals surface area contributed by atoms with Gasteiger partial charge in [-0.05, 0) is 24.1 Å². The average molecular weight is 279 g/mol. The number of hydrogen-bond donors (Lipinski definition) is 3. The second-order valence-corrected chi connectivity index (χ2v) is 4.73. The number of hydrogen-bond acceptors (Lipinski definition) is 4. The van der Waals surface area contributed by atoms with E-state index >= 15 is 0 Å². The van der Waals surface area contributed by atoms with Crippen molar-refractivity contribution in [3.63, 3.8) is 0 Å². The third-order valence-corrected chi connectivity index (χ3v) is 2.84. The van der Waals surface area contributed by atoms with E-state index in [1.165, 1.54) is 0 Å². The first-order valence-corrected chi connectivity index (χ1v) is 6.49. The van der Waals surface area contributed by atoms with Gasteiger partial charge in [-0.15, -0.1) is 0 Å². The summed E-state index contributed by atoms with van der Waals surface area (Å²) in [5, 5.41) is 11.0. The van der Waals surface area contributed by atoms with E-state index < -0.39 is 5.91 Å². The number of nitrogens with one attached hydrogen (secondary N) is 2. The van der Waals surface area contributed by atoms with Gasteiger partial charge in [0.25, 0.3) is 0 Å². The molecular formula is C14H21N3O3. The summed E-state index contributed by atoms with van der Waals surface area (Å²) in [7, 11) is 3.93. The number of amides is 2. The van der Waals surface area contributed by atoms with Gasteiger partial charge in [0, 0.05) is 32.7 Å². The zero-order valence-corrected chi connectivity index (χ0v) is 11.8. The molecule has 1 aromatic carbocycles. The molecule has 3 N–H and O–H groups in total. The normalized spacial score (nSPS) is 9.95. The van der Waals surface area contributed by atoms with Gasteiger partial charge in [0.05, 0.1) is 6.42 Å². The van der Waals surface area contributed by atoms with Crippen molar-refractivity contribution in [2.45, 2.75) is 19.3 Å². The zero-order valence-electron chi connectivity index (χ0n) is 11.8. The van der Waals surface area contributed by atoms with Crippen LogP contribution in [0.5, 0.6) is 0 Å². The number of anilines is 1. The standard InChI is InChI=1S/C14H21N3O3/c1-17(2)12-7-5-11(6-8-12)10-14(19)15-9-3-4-13(18)16-20/h5-8,20H,3-4,9-10H2,1-2H3,(H,15,19)(H,16,18). The van der Waals surface area contributed by atoms with Crippen molar-refractivity contribution >= 4 is 17.5 Å². The molecule has 0 saturated carbocycles. The summed E-state index contributed by atoms with van der Waals surface area (Å²) in [6, 6.07) is 7.78. The number of hydroxylamine groups is 1. The topological polar surface area (TPSA) is 81.7 Å². The van der Waals surface area contributed by atoms with Crippen LogP contribution in [0.25, 0.3) is 0 Å². The van der Waals surface area contributed by atoms with Gasteiger partial charge in [-0.2, -0.15) is 0 Å². The fourth-order valence-corrected chi connectivity index (χ4v) is 1.69. The minimum atomic E-state index is -0.446. The Balaban J connectivity index is 2.30. The van der Waals surface area contributed by atoms with E-state index in [-0.39, 0.29) is 12.3 Å². The summed E-state index contributed by atoms with van der Waals surface area (Å²) in [4.78, 5) is 24.4. The molecule has 0 saturated heterocycles. The van der Waals surface area contributed by atoms with Crippen LogP contribution >= 0.6 is 0 Å². The maximum absolute atomic E-state index is 11.7. The van der Waals surface area contributed by atoms with Crippen LogP contribution in [-0.2, 0) is 16.0 Å². The summed E-state index contributed by atoms with van der Waals surface area (Å²) >= 11 is 0. The van der Waals surface area contributed by atoms with Crippen LogP contribution in [0.3, 0.4) is 0 Å². The van der Waals surface area contributed by atoms with Crippen molar-refractivity contribution in [2.24, 2.45) is 0 Å². The number of rotatable bonds is 7. The van der Waals surface area contributed by atoms with Crippen molar-refractivity contribution in [3.8, 4) is 0 Å². The molecule has 0 bridgehead atoms. The van der Waals surface area contributed by atoms with Crippen molar-refractivity contribution in [1.82, 2.24) is 10.8 Å². The lowest BCUT2D eigenvalue weighted by atomic mass is 10.1. The molecule has 0 aliphatic heterocycles. The summed E-state index contributed by atoms with van der Waals surface area (Å²) in [6.45, 7) is 0.419. The van der Waals surface area contributed by atoms with E-state index in [4.69, 9.17) is 5.21 Å². The summed E-state index contributed by atoms with van der Waals surface area (Å²) in [6.07, 6.45) is 1.01. The molecule has 0 aromatic heterocycles. The van der Waals surface area contributed by atoms with Gasteiger partial charge in [0.1, 0.15) is 0 Å². The maximum atomic E-state index is 11.7. The summed E-state index contributed by atoms with van der Waals surface area (Å²) in [5.41, 5.74) is 3.58. The third kappa shape index (κ3) is 5.71. The second-order valence-electron chi connectivity index (χ2n) is 4.73. The molecule has 0 fully saturated rings. The number of carbonyl (C=O) groups is 2. The Kier molecular flexibility index (Phi) is 6.52. The van der Waals surface area contributed by atoms with E-state index in [0.29, 0.717) is 19.4 Å². The van der Waals surface area contributed by atoms with E-state index in [0.717, 1.165) is 11.3 Å². The first-order valence-electron chi connectivity index (χ1n) is 6.49. The molecule has 0 atom stereocenters. The first kappa shape index (κ1) is 16.0. The summed E-state index contributed by atoms with van der Waals surface area (Å²) < 4.78 is 0. The minimum Gasteiger partial charge on any atom is -0.378 e. The number of nitrogens with zero attached hydrogens (tertiary/aromatic N) is 1. The van der Waals surface area contributed by atoms with E-state index in [1.807, 2.05) is 43.3 Å². The van der Waals surface area contributed by atoms with Crippen LogP contribution < -0.4 is 15.7 Å². The van der Waals surface area contributed by atoms with Crippen LogP contribution in [0.1, 0.15) is 18.4 Å². The summed E-state index contributed by atoms with van der Waals surface area (Å²) in [5.74, 6) is -0.523. The Morgan fingerprint density at radius 1 is 1.15 bits per heavy atom. The monoisotopic (exact) mass is 279 g/mol. The molecule has 110 valence electrons. The molecule has 0 heterocycles. The van der Waals surface area contributed by atoms with Gasteiger partial charge >= 0.3 is 0 Å². The molecular weight excluding hydrogens is 258 g/mol. The van der Waals surface area contributed by atoms with E-state index in [9.17, 15) is 9.59 Å². The predicted octanol–water partition coefficient (Wildman–Crippen LogP) is 0.697. The molecule has 1 aromatic rings. The van der Waals surface area contributed by atoms with Crippen LogP contribution in [0.4, 0.5) is 5.69 Å². The molecule has 0 spiro atoms. The Morgan fingerprint density at radius 3 is 2.35 bits per heavy atom. The highest BCUT2D eigenvalue weighted by atomic mass is 16.5. The van der Waals surface area contributed by atoms with Gasteiger partial charge in [0.2, 0.25) is 11.8 Å². The molecule has 0 aliphatic carbocycles. The molecule has 6 nitrogen and oxygen atoms in total. The van der Waals surface area contributed by atoms with Gasteiger partial charge in [-0.1, -0.05) is 12.1 Å². The highest BCUT2D eigenvalue weighted by Gasteiger charge is 2.04. The largest absolute Gasteiger partial charge is 0.378 e. The third-order valence-electron chi connectivity index (χ3n) is 2.84.